The molecule has 0 saturated carbocycles. The zero-order valence-corrected chi connectivity index (χ0v) is 13.7. The number of hydrogen-bond acceptors (Lipinski definition) is 4. The molecule has 1 saturated heterocycles. The third kappa shape index (κ3) is 4.70. The molecule has 1 aliphatic rings. The zero-order valence-electron chi connectivity index (χ0n) is 13.7. The van der Waals surface area contributed by atoms with Gasteiger partial charge in [0.15, 0.2) is 0 Å². The Morgan fingerprint density at radius 3 is 2.57 bits per heavy atom. The Morgan fingerprint density at radius 2 is 1.91 bits per heavy atom. The molecule has 0 unspecified atom stereocenters. The van der Waals surface area contributed by atoms with Crippen LogP contribution >= 0.6 is 0 Å². The lowest BCUT2D eigenvalue weighted by atomic mass is 10.0. The van der Waals surface area contributed by atoms with Gasteiger partial charge in [-0.3, -0.25) is 4.98 Å². The van der Waals surface area contributed by atoms with E-state index in [-0.39, 0.29) is 0 Å². The highest BCUT2D eigenvalue weighted by Crippen LogP contribution is 2.19. The lowest BCUT2D eigenvalue weighted by molar-refractivity contribution is 0.221. The molecule has 1 fully saturated rings. The van der Waals surface area contributed by atoms with Crippen molar-refractivity contribution in [3.63, 3.8) is 0 Å². The SMILES string of the molecule is COc1ccc(NC2CCN(CCc3ccccn3)CC2)cc1. The largest absolute Gasteiger partial charge is 0.497 e. The summed E-state index contributed by atoms with van der Waals surface area (Å²) in [5.74, 6) is 0.903. The Labute approximate surface area is 138 Å². The lowest BCUT2D eigenvalue weighted by Gasteiger charge is -2.32. The second kappa shape index (κ2) is 7.97. The second-order valence-corrected chi connectivity index (χ2v) is 6.06. The van der Waals surface area contributed by atoms with Crippen LogP contribution in [0.1, 0.15) is 18.5 Å². The molecule has 122 valence electrons. The van der Waals surface area contributed by atoms with Crippen LogP contribution in [0.25, 0.3) is 0 Å². The summed E-state index contributed by atoms with van der Waals surface area (Å²) in [5.41, 5.74) is 2.36. The van der Waals surface area contributed by atoms with Crippen LogP contribution in [0.2, 0.25) is 0 Å². The van der Waals surface area contributed by atoms with Crippen LogP contribution in [0.15, 0.2) is 48.7 Å². The summed E-state index contributed by atoms with van der Waals surface area (Å²) in [6.07, 6.45) is 5.29. The van der Waals surface area contributed by atoms with E-state index in [1.165, 1.54) is 24.2 Å². The molecule has 1 N–H and O–H groups in total. The molecule has 2 aromatic rings. The molecule has 1 aromatic heterocycles. The van der Waals surface area contributed by atoms with Crippen LogP contribution in [-0.2, 0) is 6.42 Å². The summed E-state index contributed by atoms with van der Waals surface area (Å²) >= 11 is 0. The molecule has 1 aliphatic heterocycles. The van der Waals surface area contributed by atoms with E-state index in [1.807, 2.05) is 24.4 Å². The van der Waals surface area contributed by atoms with Gasteiger partial charge < -0.3 is 15.0 Å². The van der Waals surface area contributed by atoms with Gasteiger partial charge in [0.05, 0.1) is 7.11 Å². The van der Waals surface area contributed by atoms with Gasteiger partial charge in [-0.05, 0) is 49.2 Å². The lowest BCUT2D eigenvalue weighted by Crippen LogP contribution is -2.40. The first kappa shape index (κ1) is 15.8. The molecule has 4 heteroatoms. The van der Waals surface area contributed by atoms with E-state index in [2.05, 4.69) is 39.5 Å². The smallest absolute Gasteiger partial charge is 0.119 e. The minimum Gasteiger partial charge on any atom is -0.497 e. The Bertz CT molecular complexity index is 577. The molecule has 1 aromatic carbocycles. The summed E-state index contributed by atoms with van der Waals surface area (Å²) in [7, 11) is 1.70. The van der Waals surface area contributed by atoms with E-state index >= 15 is 0 Å². The molecule has 4 nitrogen and oxygen atoms in total. The molecule has 23 heavy (non-hydrogen) atoms. The van der Waals surface area contributed by atoms with Crippen LogP contribution in [0.5, 0.6) is 5.75 Å². The molecule has 0 atom stereocenters. The molecule has 3 rings (SSSR count). The van der Waals surface area contributed by atoms with Crippen molar-refractivity contribution in [2.75, 3.05) is 32.1 Å². The van der Waals surface area contributed by atoms with Crippen molar-refractivity contribution in [2.24, 2.45) is 0 Å². The number of rotatable bonds is 6. The number of methoxy groups -OCH3 is 1. The third-order valence-corrected chi connectivity index (χ3v) is 4.46. The predicted octanol–water partition coefficient (Wildman–Crippen LogP) is 3.21. The highest BCUT2D eigenvalue weighted by Gasteiger charge is 2.18. The average Bonchev–Trinajstić information content (AvgIpc) is 2.63. The Morgan fingerprint density at radius 1 is 1.13 bits per heavy atom. The minimum absolute atomic E-state index is 0.564. The Balaban J connectivity index is 1.41. The molecule has 0 radical (unpaired) electrons. The van der Waals surface area contributed by atoms with Crippen LogP contribution in [0.3, 0.4) is 0 Å². The molecule has 0 aliphatic carbocycles. The monoisotopic (exact) mass is 311 g/mol. The average molecular weight is 311 g/mol. The van der Waals surface area contributed by atoms with E-state index in [0.29, 0.717) is 6.04 Å². The van der Waals surface area contributed by atoms with E-state index in [1.54, 1.807) is 7.11 Å². The van der Waals surface area contributed by atoms with Gasteiger partial charge in [-0.15, -0.1) is 0 Å². The molecular formula is C19H25N3O. The zero-order chi connectivity index (χ0) is 15.9. The number of piperidine rings is 1. The first-order valence-electron chi connectivity index (χ1n) is 8.36. The van der Waals surface area contributed by atoms with Crippen LogP contribution < -0.4 is 10.1 Å². The van der Waals surface area contributed by atoms with E-state index in [9.17, 15) is 0 Å². The first-order chi connectivity index (χ1) is 11.3. The van der Waals surface area contributed by atoms with Crippen molar-refractivity contribution < 1.29 is 4.74 Å². The number of anilines is 1. The Hall–Kier alpha value is -2.07. The van der Waals surface area contributed by atoms with Gasteiger partial charge in [-0.25, -0.2) is 0 Å². The summed E-state index contributed by atoms with van der Waals surface area (Å²) in [4.78, 5) is 6.94. The molecular weight excluding hydrogens is 286 g/mol. The van der Waals surface area contributed by atoms with Gasteiger partial charge >= 0.3 is 0 Å². The topological polar surface area (TPSA) is 37.4 Å². The van der Waals surface area contributed by atoms with Crippen LogP contribution in [-0.4, -0.2) is 42.7 Å². The predicted molar refractivity (Wildman–Crippen MR) is 94.0 cm³/mol. The standard InChI is InChI=1S/C19H25N3O/c1-23-19-7-5-17(6-8-19)21-18-10-14-22(15-11-18)13-9-16-4-2-3-12-20-16/h2-8,12,18,21H,9-11,13-15H2,1H3. The molecule has 0 bridgehead atoms. The van der Waals surface area contributed by atoms with Gasteiger partial charge in [-0.1, -0.05) is 6.07 Å². The minimum atomic E-state index is 0.564. The first-order valence-corrected chi connectivity index (χ1v) is 8.36. The van der Waals surface area contributed by atoms with Crippen LogP contribution in [0.4, 0.5) is 5.69 Å². The van der Waals surface area contributed by atoms with E-state index in [4.69, 9.17) is 4.74 Å². The number of benzene rings is 1. The number of aromatic nitrogens is 1. The highest BCUT2D eigenvalue weighted by molar-refractivity contribution is 5.47. The number of hydrogen-bond donors (Lipinski definition) is 1. The fourth-order valence-electron chi connectivity index (χ4n) is 3.04. The van der Waals surface area contributed by atoms with Gasteiger partial charge in [-0.2, -0.15) is 0 Å². The molecule has 0 amide bonds. The van der Waals surface area contributed by atoms with Gasteiger partial charge in [0.2, 0.25) is 0 Å². The van der Waals surface area contributed by atoms with E-state index in [0.717, 1.165) is 31.8 Å². The van der Waals surface area contributed by atoms with Crippen molar-refractivity contribution >= 4 is 5.69 Å². The normalized spacial score (nSPS) is 16.2. The Kier molecular flexibility index (Phi) is 5.48. The van der Waals surface area contributed by atoms with E-state index < -0.39 is 0 Å². The number of nitrogens with zero attached hydrogens (tertiary/aromatic N) is 2. The maximum absolute atomic E-state index is 5.20. The number of likely N-dealkylation sites (tertiary alicyclic amines) is 1. The highest BCUT2D eigenvalue weighted by atomic mass is 16.5. The van der Waals surface area contributed by atoms with Gasteiger partial charge in [0.1, 0.15) is 5.75 Å². The summed E-state index contributed by atoms with van der Waals surface area (Å²) in [6.45, 7) is 3.41. The molecule has 0 spiro atoms. The summed E-state index contributed by atoms with van der Waals surface area (Å²) in [5, 5.41) is 3.63. The second-order valence-electron chi connectivity index (χ2n) is 6.06. The summed E-state index contributed by atoms with van der Waals surface area (Å²) in [6, 6.07) is 14.9. The number of pyridine rings is 1. The third-order valence-electron chi connectivity index (χ3n) is 4.46. The van der Waals surface area contributed by atoms with Crippen molar-refractivity contribution in [3.05, 3.63) is 54.4 Å². The van der Waals surface area contributed by atoms with Crippen molar-refractivity contribution in [1.82, 2.24) is 9.88 Å². The quantitative estimate of drug-likeness (QED) is 0.889. The fourth-order valence-corrected chi connectivity index (χ4v) is 3.04. The maximum Gasteiger partial charge on any atom is 0.119 e. The molecule has 2 heterocycles. The van der Waals surface area contributed by atoms with Gasteiger partial charge in [0.25, 0.3) is 0 Å². The maximum atomic E-state index is 5.20. The van der Waals surface area contributed by atoms with Crippen molar-refractivity contribution in [1.29, 1.82) is 0 Å². The summed E-state index contributed by atoms with van der Waals surface area (Å²) < 4.78 is 5.20. The van der Waals surface area contributed by atoms with Crippen molar-refractivity contribution in [3.8, 4) is 5.75 Å². The van der Waals surface area contributed by atoms with Gasteiger partial charge in [0, 0.05) is 49.7 Å². The number of nitrogens with one attached hydrogen (secondary N) is 1. The number of ether oxygens (including phenoxy) is 1. The van der Waals surface area contributed by atoms with Crippen LogP contribution in [0, 0.1) is 0 Å². The van der Waals surface area contributed by atoms with Crippen molar-refractivity contribution in [2.45, 2.75) is 25.3 Å². The fraction of sp³-hybridized carbons (Fsp3) is 0.421.